The number of thioether (sulfide) groups is 1. The van der Waals surface area contributed by atoms with Crippen LogP contribution in [0.15, 0.2) is 29.2 Å². The van der Waals surface area contributed by atoms with E-state index in [-0.39, 0.29) is 6.61 Å². The summed E-state index contributed by atoms with van der Waals surface area (Å²) in [6.45, 7) is 0.172. The van der Waals surface area contributed by atoms with E-state index in [4.69, 9.17) is 10.4 Å². The quantitative estimate of drug-likeness (QED) is 0.742. The molecule has 0 saturated carbocycles. The van der Waals surface area contributed by atoms with Crippen molar-refractivity contribution in [3.8, 4) is 6.07 Å². The fourth-order valence-electron chi connectivity index (χ4n) is 1.03. The topological polar surface area (TPSA) is 44.0 Å². The Morgan fingerprint density at radius 2 is 2.15 bits per heavy atom. The molecule has 68 valence electrons. The summed E-state index contributed by atoms with van der Waals surface area (Å²) in [5.41, 5.74) is 1.04. The van der Waals surface area contributed by atoms with Gasteiger partial charge in [-0.2, -0.15) is 5.26 Å². The van der Waals surface area contributed by atoms with E-state index in [1.807, 2.05) is 24.3 Å². The number of nitrogens with zero attached hydrogens (tertiary/aromatic N) is 1. The molecular weight excluding hydrogens is 182 g/mol. The molecule has 3 heteroatoms. The van der Waals surface area contributed by atoms with Crippen LogP contribution in [0.1, 0.15) is 5.56 Å². The van der Waals surface area contributed by atoms with Crippen molar-refractivity contribution in [3.63, 3.8) is 0 Å². The second kappa shape index (κ2) is 5.63. The Kier molecular flexibility index (Phi) is 4.37. The van der Waals surface area contributed by atoms with Gasteiger partial charge in [0.15, 0.2) is 0 Å². The third-order valence-corrected chi connectivity index (χ3v) is 2.69. The highest BCUT2D eigenvalue weighted by atomic mass is 32.2. The molecule has 0 unspecified atom stereocenters. The number of aliphatic hydroxyl groups excluding tert-OH is 1. The van der Waals surface area contributed by atoms with E-state index in [9.17, 15) is 0 Å². The van der Waals surface area contributed by atoms with Crippen LogP contribution in [0, 0.1) is 11.3 Å². The number of rotatable bonds is 4. The van der Waals surface area contributed by atoms with Gasteiger partial charge in [0.25, 0.3) is 0 Å². The van der Waals surface area contributed by atoms with Gasteiger partial charge in [-0.1, -0.05) is 18.2 Å². The van der Waals surface area contributed by atoms with E-state index in [0.29, 0.717) is 12.2 Å². The molecular formula is C10H11NOS. The smallest absolute Gasteiger partial charge is 0.0670 e. The zero-order chi connectivity index (χ0) is 9.52. The highest BCUT2D eigenvalue weighted by molar-refractivity contribution is 7.99. The Morgan fingerprint density at radius 1 is 1.38 bits per heavy atom. The molecule has 0 aromatic heterocycles. The third-order valence-electron chi connectivity index (χ3n) is 1.59. The van der Waals surface area contributed by atoms with E-state index in [1.165, 1.54) is 0 Å². The van der Waals surface area contributed by atoms with Crippen molar-refractivity contribution in [2.75, 3.05) is 12.4 Å². The average molecular weight is 193 g/mol. The molecule has 13 heavy (non-hydrogen) atoms. The number of hydrogen-bond donors (Lipinski definition) is 1. The minimum absolute atomic E-state index is 0.172. The summed E-state index contributed by atoms with van der Waals surface area (Å²) in [7, 11) is 0. The summed E-state index contributed by atoms with van der Waals surface area (Å²) >= 11 is 1.59. The monoisotopic (exact) mass is 193 g/mol. The van der Waals surface area contributed by atoms with Gasteiger partial charge < -0.3 is 5.11 Å². The molecule has 0 aliphatic carbocycles. The summed E-state index contributed by atoms with van der Waals surface area (Å²) < 4.78 is 0. The van der Waals surface area contributed by atoms with Crippen LogP contribution in [0.5, 0.6) is 0 Å². The summed E-state index contributed by atoms with van der Waals surface area (Å²) in [5, 5.41) is 17.2. The largest absolute Gasteiger partial charge is 0.396 e. The van der Waals surface area contributed by atoms with Crippen molar-refractivity contribution in [1.82, 2.24) is 0 Å². The van der Waals surface area contributed by atoms with Crippen molar-refractivity contribution in [2.45, 2.75) is 11.3 Å². The minimum Gasteiger partial charge on any atom is -0.396 e. The van der Waals surface area contributed by atoms with Gasteiger partial charge in [-0.15, -0.1) is 11.8 Å². The molecule has 0 heterocycles. The maximum absolute atomic E-state index is 8.66. The average Bonchev–Trinajstić information content (AvgIpc) is 2.17. The van der Waals surface area contributed by atoms with Crippen LogP contribution in [0.4, 0.5) is 0 Å². The van der Waals surface area contributed by atoms with Gasteiger partial charge in [0.2, 0.25) is 0 Å². The molecule has 1 rings (SSSR count). The second-order valence-electron chi connectivity index (χ2n) is 2.51. The van der Waals surface area contributed by atoms with Gasteiger partial charge in [0.05, 0.1) is 19.1 Å². The lowest BCUT2D eigenvalue weighted by molar-refractivity contribution is 0.322. The highest BCUT2D eigenvalue weighted by Gasteiger charge is 2.00. The molecule has 1 N–H and O–H groups in total. The molecule has 0 aliphatic rings. The third kappa shape index (κ3) is 3.10. The summed E-state index contributed by atoms with van der Waals surface area (Å²) in [6, 6.07) is 9.92. The van der Waals surface area contributed by atoms with Gasteiger partial charge in [-0.3, -0.25) is 0 Å². The summed E-state index contributed by atoms with van der Waals surface area (Å²) in [5.74, 6) is 0.683. The Bertz CT molecular complexity index is 306. The lowest BCUT2D eigenvalue weighted by Crippen LogP contribution is -1.90. The molecule has 0 fully saturated rings. The maximum atomic E-state index is 8.66. The van der Waals surface area contributed by atoms with Crippen LogP contribution in [-0.2, 0) is 6.42 Å². The predicted octanol–water partition coefficient (Wildman–Crippen LogP) is 1.84. The Hall–Kier alpha value is -0.980. The second-order valence-corrected chi connectivity index (χ2v) is 3.65. The Balaban J connectivity index is 2.73. The van der Waals surface area contributed by atoms with Crippen LogP contribution in [0.25, 0.3) is 0 Å². The van der Waals surface area contributed by atoms with Crippen LogP contribution in [0.3, 0.4) is 0 Å². The lowest BCUT2D eigenvalue weighted by atomic mass is 10.2. The highest BCUT2D eigenvalue weighted by Crippen LogP contribution is 2.22. The molecule has 0 radical (unpaired) electrons. The van der Waals surface area contributed by atoms with Gasteiger partial charge >= 0.3 is 0 Å². The van der Waals surface area contributed by atoms with E-state index in [1.54, 1.807) is 11.8 Å². The molecule has 0 spiro atoms. The van der Waals surface area contributed by atoms with E-state index in [2.05, 4.69) is 6.07 Å². The maximum Gasteiger partial charge on any atom is 0.0670 e. The molecule has 1 aromatic carbocycles. The standard InChI is InChI=1S/C10H11NOS/c11-6-5-9-3-1-2-4-10(9)13-8-7-12/h1-4,12H,5,7-8H2. The molecule has 0 bridgehead atoms. The van der Waals surface area contributed by atoms with Crippen molar-refractivity contribution >= 4 is 11.8 Å². The van der Waals surface area contributed by atoms with E-state index in [0.717, 1.165) is 10.5 Å². The Morgan fingerprint density at radius 3 is 2.85 bits per heavy atom. The molecule has 0 aliphatic heterocycles. The first-order valence-corrected chi connectivity index (χ1v) is 5.05. The predicted molar refractivity (Wildman–Crippen MR) is 53.6 cm³/mol. The van der Waals surface area contributed by atoms with Crippen molar-refractivity contribution in [3.05, 3.63) is 29.8 Å². The van der Waals surface area contributed by atoms with Crippen LogP contribution < -0.4 is 0 Å². The molecule has 0 amide bonds. The first kappa shape index (κ1) is 10.1. The van der Waals surface area contributed by atoms with E-state index < -0.39 is 0 Å². The van der Waals surface area contributed by atoms with Crippen molar-refractivity contribution in [2.24, 2.45) is 0 Å². The molecule has 1 aromatic rings. The van der Waals surface area contributed by atoms with Gasteiger partial charge in [0.1, 0.15) is 0 Å². The molecule has 0 saturated heterocycles. The van der Waals surface area contributed by atoms with Gasteiger partial charge in [-0.05, 0) is 11.6 Å². The minimum atomic E-state index is 0.172. The fraction of sp³-hybridized carbons (Fsp3) is 0.300. The van der Waals surface area contributed by atoms with Crippen LogP contribution in [0.2, 0.25) is 0 Å². The lowest BCUT2D eigenvalue weighted by Gasteiger charge is -2.04. The zero-order valence-corrected chi connectivity index (χ0v) is 8.05. The SMILES string of the molecule is N#CCc1ccccc1SCCO. The summed E-state index contributed by atoms with van der Waals surface area (Å²) in [6.07, 6.45) is 0.439. The van der Waals surface area contributed by atoms with Crippen molar-refractivity contribution < 1.29 is 5.11 Å². The first-order valence-electron chi connectivity index (χ1n) is 4.07. The normalized spacial score (nSPS) is 9.54. The van der Waals surface area contributed by atoms with Gasteiger partial charge in [-0.25, -0.2) is 0 Å². The molecule has 0 atom stereocenters. The Labute approximate surface area is 82.2 Å². The van der Waals surface area contributed by atoms with Crippen molar-refractivity contribution in [1.29, 1.82) is 5.26 Å². The number of nitriles is 1. The first-order chi connectivity index (χ1) is 6.38. The number of hydrogen-bond acceptors (Lipinski definition) is 3. The number of aliphatic hydroxyl groups is 1. The molecule has 2 nitrogen and oxygen atoms in total. The van der Waals surface area contributed by atoms with E-state index >= 15 is 0 Å². The zero-order valence-electron chi connectivity index (χ0n) is 7.23. The van der Waals surface area contributed by atoms with Gasteiger partial charge in [0, 0.05) is 10.6 Å². The number of benzene rings is 1. The summed E-state index contributed by atoms with van der Waals surface area (Å²) in [4.78, 5) is 1.10. The van der Waals surface area contributed by atoms with Crippen LogP contribution in [-0.4, -0.2) is 17.5 Å². The fourth-order valence-corrected chi connectivity index (χ4v) is 1.84. The van der Waals surface area contributed by atoms with Crippen LogP contribution >= 0.6 is 11.8 Å².